The van der Waals surface area contributed by atoms with Crippen LogP contribution in [0.15, 0.2) is 28.7 Å². The third-order valence-corrected chi connectivity index (χ3v) is 6.94. The first-order valence-corrected chi connectivity index (χ1v) is 9.81. The summed E-state index contributed by atoms with van der Waals surface area (Å²) in [6.45, 7) is 2.04. The maximum absolute atomic E-state index is 11.6. The van der Waals surface area contributed by atoms with Crippen LogP contribution < -0.4 is 0 Å². The lowest BCUT2D eigenvalue weighted by Gasteiger charge is -2.01. The molecule has 0 aliphatic carbocycles. The van der Waals surface area contributed by atoms with E-state index in [0.29, 0.717) is 12.2 Å². The first kappa shape index (κ1) is 14.2. The van der Waals surface area contributed by atoms with Crippen molar-refractivity contribution < 1.29 is 8.42 Å². The van der Waals surface area contributed by atoms with E-state index < -0.39 is 9.84 Å². The molecule has 0 saturated carbocycles. The van der Waals surface area contributed by atoms with Crippen molar-refractivity contribution in [2.24, 2.45) is 0 Å². The van der Waals surface area contributed by atoms with Gasteiger partial charge in [0.15, 0.2) is 9.84 Å². The Morgan fingerprint density at radius 2 is 2.00 bits per heavy atom. The number of halogens is 1. The van der Waals surface area contributed by atoms with Crippen molar-refractivity contribution in [1.29, 1.82) is 0 Å². The molecule has 1 aliphatic rings. The molecule has 20 heavy (non-hydrogen) atoms. The van der Waals surface area contributed by atoms with Crippen LogP contribution in [-0.2, 0) is 9.84 Å². The minimum atomic E-state index is -2.86. The van der Waals surface area contributed by atoms with Gasteiger partial charge in [-0.3, -0.25) is 0 Å². The van der Waals surface area contributed by atoms with Crippen LogP contribution in [0.4, 0.5) is 0 Å². The Morgan fingerprint density at radius 3 is 2.60 bits per heavy atom. The Labute approximate surface area is 131 Å². The van der Waals surface area contributed by atoms with Gasteiger partial charge in [0.25, 0.3) is 0 Å². The third-order valence-electron chi connectivity index (χ3n) is 3.51. The maximum Gasteiger partial charge on any atom is 0.151 e. The molecule has 1 aromatic carbocycles. The van der Waals surface area contributed by atoms with Crippen molar-refractivity contribution in [3.05, 3.63) is 38.6 Å². The van der Waals surface area contributed by atoms with Gasteiger partial charge in [-0.2, -0.15) is 0 Å². The highest BCUT2D eigenvalue weighted by molar-refractivity contribution is 9.10. The largest absolute Gasteiger partial charge is 0.241 e. The summed E-state index contributed by atoms with van der Waals surface area (Å²) >= 11 is 5.05. The van der Waals surface area contributed by atoms with Gasteiger partial charge in [0, 0.05) is 20.8 Å². The highest BCUT2D eigenvalue weighted by Crippen LogP contribution is 2.36. The summed E-state index contributed by atoms with van der Waals surface area (Å²) in [5.41, 5.74) is 2.05. The van der Waals surface area contributed by atoms with Crippen molar-refractivity contribution in [3.63, 3.8) is 0 Å². The number of hydrogen-bond donors (Lipinski definition) is 0. The second-order valence-corrected chi connectivity index (χ2v) is 9.44. The van der Waals surface area contributed by atoms with E-state index in [9.17, 15) is 8.42 Å². The minimum absolute atomic E-state index is 0.0768. The number of aromatic nitrogens is 1. The Morgan fingerprint density at radius 1 is 1.30 bits per heavy atom. The number of thiazole rings is 1. The van der Waals surface area contributed by atoms with Crippen molar-refractivity contribution in [3.8, 4) is 11.3 Å². The Bertz CT molecular complexity index is 735. The molecule has 106 valence electrons. The van der Waals surface area contributed by atoms with Crippen LogP contribution >= 0.6 is 27.3 Å². The molecule has 1 unspecified atom stereocenters. The van der Waals surface area contributed by atoms with Crippen LogP contribution in [0, 0.1) is 6.92 Å². The van der Waals surface area contributed by atoms with Gasteiger partial charge in [0.1, 0.15) is 0 Å². The van der Waals surface area contributed by atoms with E-state index >= 15 is 0 Å². The standard InChI is InChI=1S/C14H14BrNO2S2/c1-9-13(10-2-4-12(15)5-3-10)16-14(19-9)11-6-7-20(17,18)8-11/h2-5,11H,6-8H2,1H3. The third kappa shape index (κ3) is 2.82. The van der Waals surface area contributed by atoms with E-state index in [1.54, 1.807) is 11.3 Å². The first-order chi connectivity index (χ1) is 9.44. The quantitative estimate of drug-likeness (QED) is 0.806. The average molecular weight is 372 g/mol. The molecule has 3 rings (SSSR count). The number of sulfone groups is 1. The Hall–Kier alpha value is -0.720. The van der Waals surface area contributed by atoms with Gasteiger partial charge in [-0.05, 0) is 25.5 Å². The number of nitrogens with zero attached hydrogens (tertiary/aromatic N) is 1. The number of benzene rings is 1. The van der Waals surface area contributed by atoms with Gasteiger partial charge in [-0.1, -0.05) is 28.1 Å². The molecule has 0 spiro atoms. The molecule has 1 aliphatic heterocycles. The lowest BCUT2D eigenvalue weighted by molar-refractivity contribution is 0.601. The van der Waals surface area contributed by atoms with Gasteiger partial charge >= 0.3 is 0 Å². The van der Waals surface area contributed by atoms with E-state index in [1.165, 1.54) is 0 Å². The molecular formula is C14H14BrNO2S2. The molecule has 1 aromatic heterocycles. The molecule has 0 N–H and O–H groups in total. The van der Waals surface area contributed by atoms with E-state index in [2.05, 4.69) is 15.9 Å². The van der Waals surface area contributed by atoms with Gasteiger partial charge in [-0.25, -0.2) is 13.4 Å². The predicted octanol–water partition coefficient (Wildman–Crippen LogP) is 3.78. The van der Waals surface area contributed by atoms with Gasteiger partial charge < -0.3 is 0 Å². The predicted molar refractivity (Wildman–Crippen MR) is 86.0 cm³/mol. The van der Waals surface area contributed by atoms with Crippen LogP contribution in [0.5, 0.6) is 0 Å². The molecule has 6 heteroatoms. The van der Waals surface area contributed by atoms with Crippen molar-refractivity contribution >= 4 is 37.1 Å². The van der Waals surface area contributed by atoms with Crippen LogP contribution in [0.2, 0.25) is 0 Å². The summed E-state index contributed by atoms with van der Waals surface area (Å²) < 4.78 is 24.2. The minimum Gasteiger partial charge on any atom is -0.241 e. The van der Waals surface area contributed by atoms with E-state index in [1.807, 2.05) is 31.2 Å². The molecule has 1 fully saturated rings. The zero-order chi connectivity index (χ0) is 14.3. The lowest BCUT2D eigenvalue weighted by atomic mass is 10.1. The second-order valence-electron chi connectivity index (χ2n) is 5.06. The molecule has 2 heterocycles. The lowest BCUT2D eigenvalue weighted by Crippen LogP contribution is -2.03. The summed E-state index contributed by atoms with van der Waals surface area (Å²) in [4.78, 5) is 5.84. The van der Waals surface area contributed by atoms with Crippen LogP contribution in [0.3, 0.4) is 0 Å². The smallest absolute Gasteiger partial charge is 0.151 e. The van der Waals surface area contributed by atoms with Gasteiger partial charge in [-0.15, -0.1) is 11.3 Å². The normalized spacial score (nSPS) is 21.2. The fraction of sp³-hybridized carbons (Fsp3) is 0.357. The van der Waals surface area contributed by atoms with E-state index in [0.717, 1.165) is 25.6 Å². The zero-order valence-corrected chi connectivity index (χ0v) is 14.2. The monoisotopic (exact) mass is 371 g/mol. The van der Waals surface area contributed by atoms with E-state index in [4.69, 9.17) is 4.98 Å². The molecule has 0 bridgehead atoms. The number of aryl methyl sites for hydroxylation is 1. The van der Waals surface area contributed by atoms with Gasteiger partial charge in [0.2, 0.25) is 0 Å². The SMILES string of the molecule is Cc1sc(C2CCS(=O)(=O)C2)nc1-c1ccc(Br)cc1. The van der Waals surface area contributed by atoms with Crippen molar-refractivity contribution in [1.82, 2.24) is 4.98 Å². The summed E-state index contributed by atoms with van der Waals surface area (Å²) in [7, 11) is -2.86. The summed E-state index contributed by atoms with van der Waals surface area (Å²) in [5, 5.41) is 0.960. The second kappa shape index (κ2) is 5.24. The molecular weight excluding hydrogens is 358 g/mol. The van der Waals surface area contributed by atoms with Crippen LogP contribution in [-0.4, -0.2) is 24.9 Å². The van der Waals surface area contributed by atoms with Crippen molar-refractivity contribution in [2.45, 2.75) is 19.3 Å². The molecule has 3 nitrogen and oxygen atoms in total. The Balaban J connectivity index is 1.94. The Kier molecular flexibility index (Phi) is 3.73. The highest BCUT2D eigenvalue weighted by atomic mass is 79.9. The highest BCUT2D eigenvalue weighted by Gasteiger charge is 2.31. The summed E-state index contributed by atoms with van der Waals surface area (Å²) in [5.74, 6) is 0.622. The molecule has 2 aromatic rings. The van der Waals surface area contributed by atoms with Crippen LogP contribution in [0.25, 0.3) is 11.3 Å². The molecule has 1 atom stereocenters. The van der Waals surface area contributed by atoms with Crippen molar-refractivity contribution in [2.75, 3.05) is 11.5 Å². The molecule has 0 radical (unpaired) electrons. The molecule has 1 saturated heterocycles. The zero-order valence-electron chi connectivity index (χ0n) is 11.0. The fourth-order valence-corrected chi connectivity index (χ4v) is 5.65. The van der Waals surface area contributed by atoms with Gasteiger partial charge in [0.05, 0.1) is 22.2 Å². The summed E-state index contributed by atoms with van der Waals surface area (Å²) in [6.07, 6.45) is 0.703. The van der Waals surface area contributed by atoms with Crippen LogP contribution in [0.1, 0.15) is 22.2 Å². The average Bonchev–Trinajstić information content (AvgIpc) is 2.94. The number of hydrogen-bond acceptors (Lipinski definition) is 4. The first-order valence-electron chi connectivity index (χ1n) is 6.38. The summed E-state index contributed by atoms with van der Waals surface area (Å²) in [6, 6.07) is 8.05. The maximum atomic E-state index is 11.6. The van der Waals surface area contributed by atoms with E-state index in [-0.39, 0.29) is 11.7 Å². The topological polar surface area (TPSA) is 47.0 Å². The number of rotatable bonds is 2. The fourth-order valence-electron chi connectivity index (χ4n) is 2.46. The molecule has 0 amide bonds.